The molecule has 2 amide bonds. The fraction of sp³-hybridized carbons (Fsp3) is 0.0625. The van der Waals surface area contributed by atoms with E-state index >= 15 is 0 Å². The van der Waals surface area contributed by atoms with E-state index in [4.69, 9.17) is 0 Å². The van der Waals surface area contributed by atoms with Gasteiger partial charge in [-0.15, -0.1) is 0 Å². The molecule has 6 nitrogen and oxygen atoms in total. The Morgan fingerprint density at radius 1 is 0.538 bits per heavy atom. The second-order valence-corrected chi connectivity index (χ2v) is 10.8. The summed E-state index contributed by atoms with van der Waals surface area (Å²) in [6.45, 7) is 2.64. The first kappa shape index (κ1) is 27.3. The van der Waals surface area contributed by atoms with Gasteiger partial charge < -0.3 is 10.6 Å². The number of carbonyl (C=O) groups excluding carboxylic acids is 2. The molecular weight excluding hydrogens is 508 g/mol. The van der Waals surface area contributed by atoms with Gasteiger partial charge in [-0.2, -0.15) is 0 Å². The molecule has 0 unspecified atom stereocenters. The molecule has 0 aliphatic heterocycles. The van der Waals surface area contributed by atoms with Gasteiger partial charge in [0.1, 0.15) is 0 Å². The van der Waals surface area contributed by atoms with E-state index in [-0.39, 0.29) is 21.2 Å². The van der Waals surface area contributed by atoms with Crippen LogP contribution in [0.1, 0.15) is 36.1 Å². The van der Waals surface area contributed by atoms with Crippen molar-refractivity contribution < 1.29 is 18.0 Å². The summed E-state index contributed by atoms with van der Waals surface area (Å²) < 4.78 is 27.8. The predicted molar refractivity (Wildman–Crippen MR) is 158 cm³/mol. The van der Waals surface area contributed by atoms with Crippen molar-refractivity contribution in [2.75, 3.05) is 10.6 Å². The zero-order chi connectivity index (χ0) is 27.8. The third-order valence-corrected chi connectivity index (χ3v) is 7.61. The fourth-order valence-electron chi connectivity index (χ4n) is 3.98. The average molecular weight is 537 g/mol. The van der Waals surface area contributed by atoms with E-state index in [1.165, 1.54) is 26.0 Å². The molecule has 7 heteroatoms. The van der Waals surface area contributed by atoms with E-state index in [9.17, 15) is 18.0 Å². The SMILES string of the molecule is CC(=O)Nc1cc(C=Cc2ccccc2)ccc1S(=O)(=O)c1ccc(C=Cc2ccccc2)cc1NC(C)=O. The van der Waals surface area contributed by atoms with Crippen molar-refractivity contribution >= 4 is 57.3 Å². The van der Waals surface area contributed by atoms with E-state index in [0.29, 0.717) is 11.1 Å². The molecule has 196 valence electrons. The molecule has 0 saturated carbocycles. The minimum Gasteiger partial charge on any atom is -0.325 e. The van der Waals surface area contributed by atoms with Gasteiger partial charge >= 0.3 is 0 Å². The zero-order valence-corrected chi connectivity index (χ0v) is 22.4. The van der Waals surface area contributed by atoms with Gasteiger partial charge in [-0.3, -0.25) is 9.59 Å². The van der Waals surface area contributed by atoms with Gasteiger partial charge in [-0.1, -0.05) is 97.1 Å². The van der Waals surface area contributed by atoms with Crippen LogP contribution >= 0.6 is 0 Å². The summed E-state index contributed by atoms with van der Waals surface area (Å²) >= 11 is 0. The molecule has 4 aromatic rings. The third kappa shape index (κ3) is 7.18. The van der Waals surface area contributed by atoms with E-state index in [0.717, 1.165) is 11.1 Å². The predicted octanol–water partition coefficient (Wildman–Crippen LogP) is 6.78. The number of nitrogens with one attached hydrogen (secondary N) is 2. The molecule has 0 atom stereocenters. The van der Waals surface area contributed by atoms with Gasteiger partial charge in [0.05, 0.1) is 21.2 Å². The number of hydrogen-bond acceptors (Lipinski definition) is 4. The Balaban J connectivity index is 1.74. The van der Waals surface area contributed by atoms with Gasteiger partial charge in [-0.25, -0.2) is 8.42 Å². The number of anilines is 2. The molecule has 4 rings (SSSR count). The first-order chi connectivity index (χ1) is 18.7. The summed E-state index contributed by atoms with van der Waals surface area (Å²) in [7, 11) is -4.14. The van der Waals surface area contributed by atoms with E-state index < -0.39 is 21.7 Å². The number of hydrogen-bond donors (Lipinski definition) is 2. The van der Waals surface area contributed by atoms with Gasteiger partial charge in [-0.05, 0) is 46.5 Å². The minimum absolute atomic E-state index is 0.0752. The highest BCUT2D eigenvalue weighted by Crippen LogP contribution is 2.34. The summed E-state index contributed by atoms with van der Waals surface area (Å²) in [4.78, 5) is 23.8. The molecule has 0 aromatic heterocycles. The van der Waals surface area contributed by atoms with Crippen molar-refractivity contribution in [2.24, 2.45) is 0 Å². The topological polar surface area (TPSA) is 92.3 Å². The van der Waals surface area contributed by atoms with Crippen LogP contribution in [0, 0.1) is 0 Å². The second kappa shape index (κ2) is 12.2. The van der Waals surface area contributed by atoms with Crippen LogP contribution in [0.3, 0.4) is 0 Å². The number of carbonyl (C=O) groups is 2. The number of benzene rings is 4. The standard InChI is InChI=1S/C32H28N2O4S/c1-23(35)33-29-21-27(15-13-25-9-5-3-6-10-25)17-19-31(29)39(37,38)32-20-18-28(22-30(32)34-24(2)36)16-14-26-11-7-4-8-12-26/h3-22H,1-2H3,(H,33,35)(H,34,36). The molecule has 0 aliphatic carbocycles. The first-order valence-corrected chi connectivity index (χ1v) is 13.8. The number of amides is 2. The van der Waals surface area contributed by atoms with Crippen molar-refractivity contribution in [1.82, 2.24) is 0 Å². The third-order valence-electron chi connectivity index (χ3n) is 5.74. The maximum atomic E-state index is 13.9. The molecule has 4 aromatic carbocycles. The largest absolute Gasteiger partial charge is 0.325 e. The van der Waals surface area contributed by atoms with Gasteiger partial charge in [0.25, 0.3) is 0 Å². The van der Waals surface area contributed by atoms with Crippen LogP contribution < -0.4 is 10.6 Å². The van der Waals surface area contributed by atoms with Gasteiger partial charge in [0.2, 0.25) is 21.7 Å². The van der Waals surface area contributed by atoms with E-state index in [1.807, 2.05) is 85.0 Å². The summed E-state index contributed by atoms with van der Waals surface area (Å²) in [6, 6.07) is 28.8. The molecule has 0 radical (unpaired) electrons. The smallest absolute Gasteiger partial charge is 0.221 e. The van der Waals surface area contributed by atoms with Crippen molar-refractivity contribution in [3.8, 4) is 0 Å². The Bertz CT molecular complexity index is 1540. The van der Waals surface area contributed by atoms with E-state index in [2.05, 4.69) is 10.6 Å². The molecule has 0 aliphatic rings. The van der Waals surface area contributed by atoms with Crippen LogP contribution in [0.5, 0.6) is 0 Å². The van der Waals surface area contributed by atoms with Crippen molar-refractivity contribution in [3.63, 3.8) is 0 Å². The molecule has 0 saturated heterocycles. The van der Waals surface area contributed by atoms with Gasteiger partial charge in [0.15, 0.2) is 0 Å². The van der Waals surface area contributed by atoms with Gasteiger partial charge in [0, 0.05) is 13.8 Å². The summed E-state index contributed by atoms with van der Waals surface area (Å²) in [5, 5.41) is 5.29. The highest BCUT2D eigenvalue weighted by molar-refractivity contribution is 7.91. The molecule has 0 spiro atoms. The molecule has 2 N–H and O–H groups in total. The van der Waals surface area contributed by atoms with Crippen LogP contribution in [-0.2, 0) is 19.4 Å². The lowest BCUT2D eigenvalue weighted by Crippen LogP contribution is -2.14. The Hall–Kier alpha value is -4.75. The van der Waals surface area contributed by atoms with Crippen LogP contribution in [0.15, 0.2) is 107 Å². The van der Waals surface area contributed by atoms with Crippen molar-refractivity contribution in [2.45, 2.75) is 23.6 Å². The number of rotatable bonds is 8. The van der Waals surface area contributed by atoms with E-state index in [1.54, 1.807) is 24.3 Å². The summed E-state index contributed by atoms with van der Waals surface area (Å²) in [6.07, 6.45) is 7.48. The Labute approximate surface area is 228 Å². The average Bonchev–Trinajstić information content (AvgIpc) is 2.91. The monoisotopic (exact) mass is 536 g/mol. The van der Waals surface area contributed by atoms with Crippen LogP contribution in [0.25, 0.3) is 24.3 Å². The molecule has 0 heterocycles. The molecule has 39 heavy (non-hydrogen) atoms. The normalized spacial score (nSPS) is 11.5. The Morgan fingerprint density at radius 3 is 1.26 bits per heavy atom. The summed E-state index contributed by atoms with van der Waals surface area (Å²) in [5.74, 6) is -0.807. The van der Waals surface area contributed by atoms with Crippen molar-refractivity contribution in [3.05, 3.63) is 119 Å². The van der Waals surface area contributed by atoms with Crippen LogP contribution in [0.2, 0.25) is 0 Å². The second-order valence-electron chi connectivity index (χ2n) is 8.87. The Kier molecular flexibility index (Phi) is 8.53. The zero-order valence-electron chi connectivity index (χ0n) is 21.6. The first-order valence-electron chi connectivity index (χ1n) is 12.3. The molecule has 0 fully saturated rings. The lowest BCUT2D eigenvalue weighted by atomic mass is 10.1. The lowest BCUT2D eigenvalue weighted by Gasteiger charge is -2.15. The maximum absolute atomic E-state index is 13.9. The maximum Gasteiger partial charge on any atom is 0.221 e. The van der Waals surface area contributed by atoms with Crippen molar-refractivity contribution in [1.29, 1.82) is 0 Å². The minimum atomic E-state index is -4.14. The highest BCUT2D eigenvalue weighted by atomic mass is 32.2. The highest BCUT2D eigenvalue weighted by Gasteiger charge is 2.26. The van der Waals surface area contributed by atoms with Crippen LogP contribution in [-0.4, -0.2) is 20.2 Å². The lowest BCUT2D eigenvalue weighted by molar-refractivity contribution is -0.115. The molecule has 0 bridgehead atoms. The Morgan fingerprint density at radius 2 is 0.897 bits per heavy atom. The molecular formula is C32H28N2O4S. The number of sulfone groups is 1. The fourth-order valence-corrected chi connectivity index (χ4v) is 5.51. The summed E-state index contributed by atoms with van der Waals surface area (Å²) in [5.41, 5.74) is 3.70. The quantitative estimate of drug-likeness (QED) is 0.243. The van der Waals surface area contributed by atoms with Crippen LogP contribution in [0.4, 0.5) is 11.4 Å².